The molecule has 162 valence electrons. The average Bonchev–Trinajstić information content (AvgIpc) is 3.16. The first-order valence-corrected chi connectivity index (χ1v) is 11.7. The second-order valence-electron chi connectivity index (χ2n) is 11.3. The van der Waals surface area contributed by atoms with Crippen molar-refractivity contribution in [2.45, 2.75) is 76.0 Å². The Bertz CT molecular complexity index is 908. The highest BCUT2D eigenvalue weighted by Gasteiger charge is 2.75. The van der Waals surface area contributed by atoms with Gasteiger partial charge in [-0.15, -0.1) is 0 Å². The molecule has 6 rings (SSSR count). The third-order valence-corrected chi connectivity index (χ3v) is 9.17. The zero-order valence-electron chi connectivity index (χ0n) is 18.7. The molecule has 3 aliphatic carbocycles. The largest absolute Gasteiger partial charge is 0.497 e. The zero-order valence-corrected chi connectivity index (χ0v) is 18.7. The fourth-order valence-electron chi connectivity index (χ4n) is 8.51. The molecule has 30 heavy (non-hydrogen) atoms. The fraction of sp³-hybridized carbons (Fsp3) is 0.720. The van der Waals surface area contributed by atoms with Gasteiger partial charge in [0.25, 0.3) is 0 Å². The molecule has 1 amide bonds. The Morgan fingerprint density at radius 1 is 1.27 bits per heavy atom. The molecule has 0 spiro atoms. The van der Waals surface area contributed by atoms with E-state index in [2.05, 4.69) is 28.4 Å². The van der Waals surface area contributed by atoms with Gasteiger partial charge in [-0.05, 0) is 94.5 Å². The summed E-state index contributed by atoms with van der Waals surface area (Å²) in [5, 5.41) is 3.86. The number of piperidine rings is 1. The van der Waals surface area contributed by atoms with Crippen molar-refractivity contribution in [3.63, 3.8) is 0 Å². The second kappa shape index (κ2) is 5.93. The number of amides is 1. The first kappa shape index (κ1) is 19.0. The molecule has 5 heteroatoms. The van der Waals surface area contributed by atoms with Gasteiger partial charge in [-0.3, -0.25) is 0 Å². The van der Waals surface area contributed by atoms with E-state index in [0.717, 1.165) is 37.6 Å². The van der Waals surface area contributed by atoms with Crippen LogP contribution in [-0.2, 0) is 16.6 Å². The highest BCUT2D eigenvalue weighted by Crippen LogP contribution is 2.74. The van der Waals surface area contributed by atoms with Gasteiger partial charge in [0.1, 0.15) is 11.4 Å². The van der Waals surface area contributed by atoms with E-state index in [1.165, 1.54) is 30.4 Å². The number of methoxy groups -OCH3 is 1. The Labute approximate surface area is 179 Å². The maximum atomic E-state index is 13.3. The normalized spacial score (nSPS) is 40.6. The van der Waals surface area contributed by atoms with Crippen molar-refractivity contribution in [3.05, 3.63) is 29.3 Å². The molecule has 2 aliphatic heterocycles. The van der Waals surface area contributed by atoms with Crippen molar-refractivity contribution in [1.82, 2.24) is 10.2 Å². The molecule has 6 atom stereocenters. The average molecular weight is 411 g/mol. The number of hydrogen-bond donors (Lipinski definition) is 1. The number of carbonyl (C=O) groups is 1. The molecule has 5 nitrogen and oxygen atoms in total. The van der Waals surface area contributed by atoms with Crippen molar-refractivity contribution >= 4 is 6.09 Å². The van der Waals surface area contributed by atoms with Crippen molar-refractivity contribution in [2.24, 2.45) is 17.3 Å². The van der Waals surface area contributed by atoms with Gasteiger partial charge < -0.3 is 19.7 Å². The maximum absolute atomic E-state index is 13.3. The van der Waals surface area contributed by atoms with Crippen LogP contribution in [0.3, 0.4) is 0 Å². The van der Waals surface area contributed by atoms with Gasteiger partial charge in [0.15, 0.2) is 0 Å². The summed E-state index contributed by atoms with van der Waals surface area (Å²) in [6.07, 6.45) is 5.55. The fourth-order valence-corrected chi connectivity index (χ4v) is 8.51. The van der Waals surface area contributed by atoms with Crippen LogP contribution < -0.4 is 10.1 Å². The number of nitrogens with zero attached hydrogens (tertiary/aromatic N) is 1. The Balaban J connectivity index is 1.51. The van der Waals surface area contributed by atoms with E-state index in [9.17, 15) is 4.79 Å². The first-order valence-electron chi connectivity index (χ1n) is 11.7. The number of ether oxygens (including phenoxy) is 2. The molecule has 2 heterocycles. The molecule has 4 fully saturated rings. The molecular formula is C25H34N2O3. The highest BCUT2D eigenvalue weighted by atomic mass is 16.6. The van der Waals surface area contributed by atoms with Gasteiger partial charge in [0.05, 0.1) is 7.11 Å². The van der Waals surface area contributed by atoms with Crippen LogP contribution in [0.1, 0.15) is 57.6 Å². The molecular weight excluding hydrogens is 376 g/mol. The van der Waals surface area contributed by atoms with Gasteiger partial charge in [0, 0.05) is 29.5 Å². The monoisotopic (exact) mass is 410 g/mol. The van der Waals surface area contributed by atoms with Crippen LogP contribution in [0.4, 0.5) is 4.79 Å². The van der Waals surface area contributed by atoms with E-state index in [-0.39, 0.29) is 23.0 Å². The maximum Gasteiger partial charge on any atom is 0.410 e. The van der Waals surface area contributed by atoms with E-state index in [0.29, 0.717) is 12.0 Å². The van der Waals surface area contributed by atoms with Crippen molar-refractivity contribution in [1.29, 1.82) is 0 Å². The van der Waals surface area contributed by atoms with Crippen molar-refractivity contribution < 1.29 is 14.3 Å². The predicted octanol–water partition coefficient (Wildman–Crippen LogP) is 3.89. The van der Waals surface area contributed by atoms with E-state index >= 15 is 0 Å². The lowest BCUT2D eigenvalue weighted by Gasteiger charge is -2.65. The third-order valence-electron chi connectivity index (χ3n) is 9.17. The molecule has 5 aliphatic rings. The number of fused-ring (bicyclic) bond motifs is 1. The number of nitrogens with one attached hydrogen (secondary N) is 1. The van der Waals surface area contributed by atoms with E-state index in [1.54, 1.807) is 7.11 Å². The van der Waals surface area contributed by atoms with Crippen LogP contribution in [0.5, 0.6) is 5.75 Å². The smallest absolute Gasteiger partial charge is 0.410 e. The minimum Gasteiger partial charge on any atom is -0.497 e. The summed E-state index contributed by atoms with van der Waals surface area (Å²) >= 11 is 0. The summed E-state index contributed by atoms with van der Waals surface area (Å²) in [5.41, 5.74) is 2.82. The zero-order chi connectivity index (χ0) is 20.9. The molecule has 1 N–H and O–H groups in total. The summed E-state index contributed by atoms with van der Waals surface area (Å²) in [6, 6.07) is 7.56. The lowest BCUT2D eigenvalue weighted by molar-refractivity contribution is -0.0936. The number of likely N-dealkylation sites (tertiary alicyclic amines) is 1. The number of hydrogen-bond acceptors (Lipinski definition) is 4. The van der Waals surface area contributed by atoms with Crippen molar-refractivity contribution in [2.75, 3.05) is 20.2 Å². The van der Waals surface area contributed by atoms with Crippen LogP contribution in [-0.4, -0.2) is 48.9 Å². The highest BCUT2D eigenvalue weighted by molar-refractivity contribution is 5.70. The molecule has 1 aromatic carbocycles. The molecule has 2 saturated carbocycles. The molecule has 2 saturated heterocycles. The second-order valence-corrected chi connectivity index (χ2v) is 11.3. The minimum atomic E-state index is -0.461. The van der Waals surface area contributed by atoms with Gasteiger partial charge in [-0.1, -0.05) is 6.07 Å². The lowest BCUT2D eigenvalue weighted by atomic mass is 9.44. The predicted molar refractivity (Wildman–Crippen MR) is 115 cm³/mol. The number of carbonyl (C=O) groups excluding carboxylic acids is 1. The Morgan fingerprint density at radius 3 is 2.87 bits per heavy atom. The molecule has 0 aromatic heterocycles. The molecule has 2 unspecified atom stereocenters. The van der Waals surface area contributed by atoms with Crippen LogP contribution in [0.25, 0.3) is 0 Å². The van der Waals surface area contributed by atoms with E-state index in [1.807, 2.05) is 20.8 Å². The Kier molecular flexibility index (Phi) is 3.75. The van der Waals surface area contributed by atoms with E-state index < -0.39 is 5.60 Å². The van der Waals surface area contributed by atoms with Crippen molar-refractivity contribution in [3.8, 4) is 5.75 Å². The Hall–Kier alpha value is -1.75. The van der Waals surface area contributed by atoms with E-state index in [4.69, 9.17) is 9.47 Å². The summed E-state index contributed by atoms with van der Waals surface area (Å²) in [6.45, 7) is 7.84. The van der Waals surface area contributed by atoms with Gasteiger partial charge in [-0.2, -0.15) is 0 Å². The standard InChI is InChI=1S/C25H34N2O3/c1-23(2,3)30-22(28)27-10-9-25-18-12-17(29-4)6-5-15(18)11-20(27)24(25)8-7-19-21(25)16(13-24)14-26-19/h5-6,12,16,19-21,26H,7-11,13-14H2,1-4H3/t16-,19?,20-,21?,24-,25+/m1/s1. The van der Waals surface area contributed by atoms with Gasteiger partial charge in [0.2, 0.25) is 0 Å². The third kappa shape index (κ3) is 2.20. The van der Waals surface area contributed by atoms with Crippen LogP contribution in [0.15, 0.2) is 18.2 Å². The SMILES string of the molecule is COc1ccc2c(c1)[C@]13CCN(C(=O)OC(C)(C)C)[C@H](C2)[C@]12CCC1NC[C@@H](C2)C13. The molecule has 4 bridgehead atoms. The van der Waals surface area contributed by atoms with Crippen LogP contribution in [0.2, 0.25) is 0 Å². The quantitative estimate of drug-likeness (QED) is 0.763. The number of benzene rings is 1. The first-order chi connectivity index (χ1) is 14.3. The van der Waals surface area contributed by atoms with Gasteiger partial charge in [-0.25, -0.2) is 4.79 Å². The topological polar surface area (TPSA) is 50.8 Å². The number of rotatable bonds is 1. The Morgan fingerprint density at radius 2 is 2.10 bits per heavy atom. The summed E-state index contributed by atoms with van der Waals surface area (Å²) in [7, 11) is 1.77. The summed E-state index contributed by atoms with van der Waals surface area (Å²) in [4.78, 5) is 15.4. The lowest BCUT2D eigenvalue weighted by Crippen LogP contribution is -2.70. The molecule has 0 radical (unpaired) electrons. The summed E-state index contributed by atoms with van der Waals surface area (Å²) in [5.74, 6) is 2.37. The minimum absolute atomic E-state index is 0.121. The van der Waals surface area contributed by atoms with Crippen LogP contribution >= 0.6 is 0 Å². The molecule has 1 aromatic rings. The van der Waals surface area contributed by atoms with Crippen LogP contribution in [0, 0.1) is 17.3 Å². The van der Waals surface area contributed by atoms with Gasteiger partial charge >= 0.3 is 6.09 Å². The summed E-state index contributed by atoms with van der Waals surface area (Å²) < 4.78 is 11.6.